The normalized spacial score (nSPS) is 22.0. The first kappa shape index (κ1) is 15.9. The van der Waals surface area contributed by atoms with Crippen LogP contribution in [0.25, 0.3) is 0 Å². The Morgan fingerprint density at radius 3 is 2.71 bits per heavy atom. The van der Waals surface area contributed by atoms with Crippen molar-refractivity contribution in [3.63, 3.8) is 0 Å². The Hall–Kier alpha value is -1.46. The molecular formula is C15H20ClNO4. The van der Waals surface area contributed by atoms with Gasteiger partial charge in [-0.3, -0.25) is 4.79 Å². The Morgan fingerprint density at radius 1 is 1.38 bits per heavy atom. The van der Waals surface area contributed by atoms with E-state index in [1.807, 2.05) is 0 Å². The first-order chi connectivity index (χ1) is 10.0. The molecule has 1 aromatic rings. The lowest BCUT2D eigenvalue weighted by Gasteiger charge is -2.39. The van der Waals surface area contributed by atoms with Gasteiger partial charge in [-0.05, 0) is 30.5 Å². The van der Waals surface area contributed by atoms with Gasteiger partial charge in [0.25, 0.3) is 0 Å². The van der Waals surface area contributed by atoms with E-state index in [2.05, 4.69) is 0 Å². The molecule has 0 bridgehead atoms. The van der Waals surface area contributed by atoms with Crippen LogP contribution in [0.1, 0.15) is 18.4 Å². The van der Waals surface area contributed by atoms with Crippen molar-refractivity contribution in [3.8, 4) is 11.5 Å². The van der Waals surface area contributed by atoms with Gasteiger partial charge in [0.1, 0.15) is 11.5 Å². The van der Waals surface area contributed by atoms with E-state index in [-0.39, 0.29) is 18.3 Å². The van der Waals surface area contributed by atoms with E-state index in [0.29, 0.717) is 30.0 Å². The van der Waals surface area contributed by atoms with Crippen LogP contribution < -0.4 is 9.47 Å². The lowest BCUT2D eigenvalue weighted by Crippen LogP contribution is -2.49. The fraction of sp³-hybridized carbons (Fsp3) is 0.533. The van der Waals surface area contributed by atoms with Crippen molar-refractivity contribution in [3.05, 3.63) is 23.8 Å². The summed E-state index contributed by atoms with van der Waals surface area (Å²) in [5, 5.41) is 10.9. The highest BCUT2D eigenvalue weighted by atomic mass is 35.5. The number of β-amino-alcohol motifs (C(OH)–C–C–N with tert-alkyl or cyclic N) is 1. The van der Waals surface area contributed by atoms with Gasteiger partial charge >= 0.3 is 0 Å². The third kappa shape index (κ3) is 3.24. The Balaban J connectivity index is 2.28. The number of alkyl halides is 1. The van der Waals surface area contributed by atoms with E-state index in [1.54, 1.807) is 37.3 Å². The topological polar surface area (TPSA) is 59.0 Å². The number of ether oxygens (including phenoxy) is 2. The number of methoxy groups -OCH3 is 2. The van der Waals surface area contributed by atoms with E-state index in [9.17, 15) is 9.90 Å². The Labute approximate surface area is 129 Å². The minimum Gasteiger partial charge on any atom is -0.493 e. The summed E-state index contributed by atoms with van der Waals surface area (Å²) in [6.45, 7) is 0.870. The molecule has 2 rings (SSSR count). The van der Waals surface area contributed by atoms with Gasteiger partial charge in [0.15, 0.2) is 11.5 Å². The number of amides is 1. The van der Waals surface area contributed by atoms with Crippen LogP contribution in [-0.2, 0) is 10.4 Å². The summed E-state index contributed by atoms with van der Waals surface area (Å²) in [5.41, 5.74) is -0.369. The SMILES string of the molecule is COc1ccc(C2(O)CCCN(C(=O)CCl)C2)cc1OC. The quantitative estimate of drug-likeness (QED) is 0.860. The van der Waals surface area contributed by atoms with Gasteiger partial charge in [0.2, 0.25) is 5.91 Å². The third-order valence-corrected chi connectivity index (χ3v) is 4.09. The number of nitrogens with zero attached hydrogens (tertiary/aromatic N) is 1. The minimum absolute atomic E-state index is 0.0674. The highest BCUT2D eigenvalue weighted by Gasteiger charge is 2.37. The first-order valence-electron chi connectivity index (χ1n) is 6.82. The van der Waals surface area contributed by atoms with Gasteiger partial charge in [-0.2, -0.15) is 0 Å². The number of rotatable bonds is 4. The molecule has 5 nitrogen and oxygen atoms in total. The van der Waals surface area contributed by atoms with Crippen LogP contribution in [-0.4, -0.2) is 49.1 Å². The molecule has 1 N–H and O–H groups in total. The zero-order chi connectivity index (χ0) is 15.5. The molecule has 0 spiro atoms. The number of likely N-dealkylation sites (tertiary alicyclic amines) is 1. The molecule has 116 valence electrons. The van der Waals surface area contributed by atoms with Crippen molar-refractivity contribution in [2.24, 2.45) is 0 Å². The smallest absolute Gasteiger partial charge is 0.237 e. The van der Waals surface area contributed by atoms with Crippen molar-refractivity contribution >= 4 is 17.5 Å². The standard InChI is InChI=1S/C15H20ClNO4/c1-20-12-5-4-11(8-13(12)21-2)15(19)6-3-7-17(10-15)14(18)9-16/h4-5,8,19H,3,6-7,9-10H2,1-2H3. The summed E-state index contributed by atoms with van der Waals surface area (Å²) in [6.07, 6.45) is 1.32. The number of carbonyl (C=O) groups is 1. The average molecular weight is 314 g/mol. The molecule has 6 heteroatoms. The van der Waals surface area contributed by atoms with E-state index in [0.717, 1.165) is 6.42 Å². The van der Waals surface area contributed by atoms with Crippen molar-refractivity contribution in [1.82, 2.24) is 4.90 Å². The number of halogens is 1. The molecule has 1 aliphatic rings. The summed E-state index contributed by atoms with van der Waals surface area (Å²) < 4.78 is 10.5. The average Bonchev–Trinajstić information content (AvgIpc) is 2.53. The number of carbonyl (C=O) groups excluding carboxylic acids is 1. The van der Waals surface area contributed by atoms with Gasteiger partial charge in [0.05, 0.1) is 20.8 Å². The molecule has 0 aliphatic carbocycles. The Bertz CT molecular complexity index is 522. The monoisotopic (exact) mass is 313 g/mol. The van der Waals surface area contributed by atoms with Crippen molar-refractivity contribution in [2.45, 2.75) is 18.4 Å². The number of aliphatic hydroxyl groups is 1. The Kier molecular flexibility index (Phi) is 4.96. The predicted octanol–water partition coefficient (Wildman–Crippen LogP) is 1.75. The molecule has 1 aromatic carbocycles. The first-order valence-corrected chi connectivity index (χ1v) is 7.36. The molecule has 1 saturated heterocycles. The molecule has 1 atom stereocenters. The maximum absolute atomic E-state index is 11.7. The summed E-state index contributed by atoms with van der Waals surface area (Å²) in [5.74, 6) is 0.941. The number of hydrogen-bond acceptors (Lipinski definition) is 4. The second-order valence-corrected chi connectivity index (χ2v) is 5.42. The summed E-state index contributed by atoms with van der Waals surface area (Å²) in [4.78, 5) is 13.4. The van der Waals surface area contributed by atoms with Crippen molar-refractivity contribution in [1.29, 1.82) is 0 Å². The number of benzene rings is 1. The van der Waals surface area contributed by atoms with Gasteiger partial charge in [-0.1, -0.05) is 6.07 Å². The number of piperidine rings is 1. The van der Waals surface area contributed by atoms with E-state index in [1.165, 1.54) is 0 Å². The summed E-state index contributed by atoms with van der Waals surface area (Å²) in [7, 11) is 3.11. The van der Waals surface area contributed by atoms with E-state index < -0.39 is 5.60 Å². The second kappa shape index (κ2) is 6.54. The fourth-order valence-corrected chi connectivity index (χ4v) is 2.86. The summed E-state index contributed by atoms with van der Waals surface area (Å²) in [6, 6.07) is 5.32. The lowest BCUT2D eigenvalue weighted by molar-refractivity contribution is -0.136. The maximum atomic E-state index is 11.7. The molecular weight excluding hydrogens is 294 g/mol. The third-order valence-electron chi connectivity index (χ3n) is 3.86. The van der Waals surface area contributed by atoms with Crippen LogP contribution in [0.15, 0.2) is 18.2 Å². The predicted molar refractivity (Wildman–Crippen MR) is 80.0 cm³/mol. The van der Waals surface area contributed by atoms with Gasteiger partial charge in [-0.25, -0.2) is 0 Å². The second-order valence-electron chi connectivity index (χ2n) is 5.15. The van der Waals surface area contributed by atoms with Crippen LogP contribution in [0, 0.1) is 0 Å². The maximum Gasteiger partial charge on any atom is 0.237 e. The zero-order valence-electron chi connectivity index (χ0n) is 12.3. The molecule has 1 unspecified atom stereocenters. The molecule has 1 amide bonds. The molecule has 1 fully saturated rings. The molecule has 0 saturated carbocycles. The minimum atomic E-state index is -1.08. The van der Waals surface area contributed by atoms with Crippen LogP contribution in [0.4, 0.5) is 0 Å². The van der Waals surface area contributed by atoms with Gasteiger partial charge in [0, 0.05) is 6.54 Å². The van der Waals surface area contributed by atoms with Crippen LogP contribution in [0.5, 0.6) is 11.5 Å². The largest absolute Gasteiger partial charge is 0.493 e. The lowest BCUT2D eigenvalue weighted by atomic mass is 9.85. The van der Waals surface area contributed by atoms with Crippen LogP contribution in [0.2, 0.25) is 0 Å². The molecule has 0 radical (unpaired) electrons. The van der Waals surface area contributed by atoms with Gasteiger partial charge in [-0.15, -0.1) is 11.6 Å². The molecule has 1 aliphatic heterocycles. The molecule has 21 heavy (non-hydrogen) atoms. The fourth-order valence-electron chi connectivity index (χ4n) is 2.69. The number of hydrogen-bond donors (Lipinski definition) is 1. The zero-order valence-corrected chi connectivity index (χ0v) is 13.0. The highest BCUT2D eigenvalue weighted by molar-refractivity contribution is 6.27. The molecule has 1 heterocycles. The van der Waals surface area contributed by atoms with E-state index in [4.69, 9.17) is 21.1 Å². The summed E-state index contributed by atoms with van der Waals surface area (Å²) >= 11 is 5.60. The Morgan fingerprint density at radius 2 is 2.10 bits per heavy atom. The molecule has 0 aromatic heterocycles. The van der Waals surface area contributed by atoms with Crippen molar-refractivity contribution in [2.75, 3.05) is 33.2 Å². The van der Waals surface area contributed by atoms with Crippen LogP contribution >= 0.6 is 11.6 Å². The van der Waals surface area contributed by atoms with Crippen molar-refractivity contribution < 1.29 is 19.4 Å². The van der Waals surface area contributed by atoms with E-state index >= 15 is 0 Å². The van der Waals surface area contributed by atoms with Crippen LogP contribution in [0.3, 0.4) is 0 Å². The van der Waals surface area contributed by atoms with Gasteiger partial charge < -0.3 is 19.5 Å². The highest BCUT2D eigenvalue weighted by Crippen LogP contribution is 2.36.